The van der Waals surface area contributed by atoms with Crippen LogP contribution in [0.2, 0.25) is 0 Å². The number of allylic oxidation sites excluding steroid dienone is 3. The van der Waals surface area contributed by atoms with Crippen molar-refractivity contribution in [1.82, 2.24) is 5.32 Å². The van der Waals surface area contributed by atoms with Crippen molar-refractivity contribution in [2.24, 2.45) is 0 Å². The average Bonchev–Trinajstić information content (AvgIpc) is 3.26. The van der Waals surface area contributed by atoms with E-state index in [2.05, 4.69) is 38.2 Å². The molecule has 3 unspecified atom stereocenters. The zero-order valence-corrected chi connectivity index (χ0v) is 44.6. The Bertz CT molecular complexity index is 1170. The Kier molecular flexibility index (Phi) is 45.2. The van der Waals surface area contributed by atoms with Crippen molar-refractivity contribution in [3.63, 3.8) is 0 Å². The number of ether oxygens (including phenoxy) is 1. The van der Waals surface area contributed by atoms with E-state index < -0.39 is 20.0 Å². The molecule has 10 heteroatoms. The van der Waals surface area contributed by atoms with Gasteiger partial charge in [0.2, 0.25) is 5.91 Å². The maximum Gasteiger partial charge on any atom is 0.472 e. The Morgan fingerprint density at radius 1 is 0.523 bits per heavy atom. The number of rotatable bonds is 50. The number of quaternary nitrogens is 1. The molecule has 0 bridgehead atoms. The van der Waals surface area contributed by atoms with Gasteiger partial charge in [0.05, 0.1) is 33.8 Å². The van der Waals surface area contributed by atoms with Crippen LogP contribution in [-0.4, -0.2) is 74.3 Å². The maximum atomic E-state index is 13.4. The Morgan fingerprint density at radius 3 is 1.32 bits per heavy atom. The van der Waals surface area contributed by atoms with Crippen molar-refractivity contribution in [3.05, 3.63) is 24.3 Å². The number of phosphoric acid groups is 1. The molecular weight excluding hydrogens is 832 g/mol. The number of amides is 1. The lowest BCUT2D eigenvalue weighted by Crippen LogP contribution is -2.47. The van der Waals surface area contributed by atoms with E-state index >= 15 is 0 Å². The summed E-state index contributed by atoms with van der Waals surface area (Å²) in [5.41, 5.74) is 0. The largest absolute Gasteiger partial charge is 0.472 e. The highest BCUT2D eigenvalue weighted by Crippen LogP contribution is 2.43. The first-order chi connectivity index (χ1) is 31.4. The van der Waals surface area contributed by atoms with Gasteiger partial charge >= 0.3 is 13.8 Å². The molecule has 0 aromatic heterocycles. The van der Waals surface area contributed by atoms with Crippen molar-refractivity contribution in [3.8, 4) is 0 Å². The molecule has 0 saturated heterocycles. The van der Waals surface area contributed by atoms with Gasteiger partial charge in [0.1, 0.15) is 19.3 Å². The van der Waals surface area contributed by atoms with Crippen LogP contribution in [0, 0.1) is 0 Å². The second-order valence-corrected chi connectivity index (χ2v) is 21.6. The highest BCUT2D eigenvalue weighted by atomic mass is 31.2. The molecule has 0 fully saturated rings. The second-order valence-electron chi connectivity index (χ2n) is 20.1. The molecule has 0 heterocycles. The van der Waals surface area contributed by atoms with E-state index in [4.69, 9.17) is 13.8 Å². The highest BCUT2D eigenvalue weighted by Gasteiger charge is 2.30. The van der Waals surface area contributed by atoms with E-state index in [9.17, 15) is 19.0 Å². The van der Waals surface area contributed by atoms with Gasteiger partial charge in [-0.25, -0.2) is 4.57 Å². The fraction of sp³-hybridized carbons (Fsp3) is 0.891. The summed E-state index contributed by atoms with van der Waals surface area (Å²) < 4.78 is 30.5. The summed E-state index contributed by atoms with van der Waals surface area (Å²) in [4.78, 5) is 37.5. The molecule has 1 amide bonds. The third kappa shape index (κ3) is 47.4. The summed E-state index contributed by atoms with van der Waals surface area (Å²) in [6, 6.07) is -0.846. The predicted octanol–water partition coefficient (Wildman–Crippen LogP) is 16.2. The molecule has 384 valence electrons. The number of unbranched alkanes of at least 4 members (excludes halogenated alkanes) is 32. The van der Waals surface area contributed by atoms with Crippen molar-refractivity contribution in [1.29, 1.82) is 0 Å². The SMILES string of the molecule is CCCCCCCCC/C=C\CCCCCC(=O)OC(/C=C/CCCCCCCCCCCC)C(COP(=O)(O)OCC[N+](C)(C)C)NC(=O)CCCCCCCCCCCCCCC. The molecule has 0 aromatic rings. The van der Waals surface area contributed by atoms with E-state index in [1.807, 2.05) is 33.3 Å². The van der Waals surface area contributed by atoms with Crippen molar-refractivity contribution < 1.29 is 37.3 Å². The highest BCUT2D eigenvalue weighted by molar-refractivity contribution is 7.47. The fourth-order valence-corrected chi connectivity index (χ4v) is 8.79. The number of nitrogens with one attached hydrogen (secondary N) is 1. The molecule has 0 aliphatic heterocycles. The monoisotopic (exact) mass is 940 g/mol. The van der Waals surface area contributed by atoms with Crippen LogP contribution in [0.4, 0.5) is 0 Å². The number of nitrogens with zero attached hydrogens (tertiary/aromatic N) is 1. The Morgan fingerprint density at radius 2 is 0.892 bits per heavy atom. The minimum Gasteiger partial charge on any atom is -0.456 e. The Labute approximate surface area is 403 Å². The standard InChI is InChI=1S/C55H107N2O7P/c1-7-10-13-16-19-22-25-28-30-33-36-39-42-45-48-55(59)64-53(46-43-40-37-34-31-27-24-21-18-15-12-9-3)52(51-63-65(60,61)62-50-49-57(4,5)6)56-54(58)47-44-41-38-35-32-29-26-23-20-17-14-11-8-2/h30,33,43,46,52-53H,7-29,31-32,34-42,44-45,47-51H2,1-6H3,(H-,56,58,60,61)/p+1/b33-30-,46-43+. The zero-order chi connectivity index (χ0) is 48.0. The molecule has 3 atom stereocenters. The van der Waals surface area contributed by atoms with Gasteiger partial charge in [0.25, 0.3) is 0 Å². The summed E-state index contributed by atoms with van der Waals surface area (Å²) in [6.07, 6.45) is 51.6. The van der Waals surface area contributed by atoms with E-state index in [1.165, 1.54) is 161 Å². The number of likely N-dealkylation sites (N-methyl/N-ethyl adjacent to an activating group) is 1. The van der Waals surface area contributed by atoms with E-state index in [0.717, 1.165) is 70.6 Å². The molecule has 2 N–H and O–H groups in total. The number of carbonyl (C=O) groups excluding carboxylic acids is 2. The minimum atomic E-state index is -4.44. The van der Waals surface area contributed by atoms with Crippen LogP contribution in [0.1, 0.15) is 265 Å². The topological polar surface area (TPSA) is 111 Å². The number of carbonyl (C=O) groups is 2. The van der Waals surface area contributed by atoms with E-state index in [-0.39, 0.29) is 31.5 Å². The molecule has 0 rings (SSSR count). The second kappa shape index (κ2) is 46.2. The quantitative estimate of drug-likeness (QED) is 0.0205. The molecule has 0 saturated carbocycles. The number of esters is 1. The molecule has 0 radical (unpaired) electrons. The van der Waals surface area contributed by atoms with Crippen molar-refractivity contribution in [2.45, 2.75) is 277 Å². The van der Waals surface area contributed by atoms with Gasteiger partial charge in [0.15, 0.2) is 0 Å². The van der Waals surface area contributed by atoms with E-state index in [1.54, 1.807) is 0 Å². The van der Waals surface area contributed by atoms with Gasteiger partial charge in [-0.15, -0.1) is 0 Å². The number of phosphoric ester groups is 1. The first-order valence-corrected chi connectivity index (χ1v) is 29.2. The van der Waals surface area contributed by atoms with Crippen LogP contribution in [0.3, 0.4) is 0 Å². The predicted molar refractivity (Wildman–Crippen MR) is 277 cm³/mol. The van der Waals surface area contributed by atoms with Gasteiger partial charge in [0, 0.05) is 12.8 Å². The molecule has 0 aromatic carbocycles. The zero-order valence-electron chi connectivity index (χ0n) is 43.7. The summed E-state index contributed by atoms with van der Waals surface area (Å²) in [7, 11) is 1.50. The summed E-state index contributed by atoms with van der Waals surface area (Å²) >= 11 is 0. The number of hydrogen-bond donors (Lipinski definition) is 2. The fourth-order valence-electron chi connectivity index (χ4n) is 8.05. The number of hydrogen-bond acceptors (Lipinski definition) is 6. The molecule has 0 aliphatic carbocycles. The minimum absolute atomic E-state index is 0.0412. The third-order valence-corrected chi connectivity index (χ3v) is 13.4. The average molecular weight is 940 g/mol. The molecule has 65 heavy (non-hydrogen) atoms. The van der Waals surface area contributed by atoms with Crippen LogP contribution in [-0.2, 0) is 27.9 Å². The molecular formula is C55H108N2O7P+. The Balaban J connectivity index is 5.40. The lowest BCUT2D eigenvalue weighted by atomic mass is 10.0. The van der Waals surface area contributed by atoms with Gasteiger partial charge < -0.3 is 19.4 Å². The van der Waals surface area contributed by atoms with Gasteiger partial charge in [-0.05, 0) is 57.4 Å². The summed E-state index contributed by atoms with van der Waals surface area (Å²) in [6.45, 7) is 7.01. The molecule has 0 spiro atoms. The van der Waals surface area contributed by atoms with Crippen LogP contribution in [0.25, 0.3) is 0 Å². The van der Waals surface area contributed by atoms with Crippen LogP contribution in [0.15, 0.2) is 24.3 Å². The van der Waals surface area contributed by atoms with Crippen LogP contribution < -0.4 is 5.32 Å². The van der Waals surface area contributed by atoms with Crippen LogP contribution in [0.5, 0.6) is 0 Å². The molecule has 0 aliphatic rings. The maximum absolute atomic E-state index is 13.4. The summed E-state index contributed by atoms with van der Waals surface area (Å²) in [5, 5.41) is 3.04. The van der Waals surface area contributed by atoms with Gasteiger partial charge in [-0.3, -0.25) is 18.6 Å². The smallest absolute Gasteiger partial charge is 0.456 e. The van der Waals surface area contributed by atoms with Gasteiger partial charge in [-0.1, -0.05) is 219 Å². The Hall–Kier alpha value is -1.51. The first-order valence-electron chi connectivity index (χ1n) is 27.7. The van der Waals surface area contributed by atoms with Gasteiger partial charge in [-0.2, -0.15) is 0 Å². The molecule has 9 nitrogen and oxygen atoms in total. The normalized spacial score (nSPS) is 14.0. The third-order valence-electron chi connectivity index (χ3n) is 12.4. The first kappa shape index (κ1) is 63.5. The lowest BCUT2D eigenvalue weighted by molar-refractivity contribution is -0.870. The summed E-state index contributed by atoms with van der Waals surface area (Å²) in [5.74, 6) is -0.514. The van der Waals surface area contributed by atoms with Crippen molar-refractivity contribution in [2.75, 3.05) is 40.9 Å². The van der Waals surface area contributed by atoms with E-state index in [0.29, 0.717) is 17.4 Å². The van der Waals surface area contributed by atoms with Crippen molar-refractivity contribution >= 4 is 19.7 Å². The van der Waals surface area contributed by atoms with Crippen LogP contribution >= 0.6 is 7.82 Å². The lowest BCUT2D eigenvalue weighted by Gasteiger charge is -2.27.